The Hall–Kier alpha value is -3.20. The Morgan fingerprint density at radius 2 is 1.91 bits per heavy atom. The fraction of sp³-hybridized carbons (Fsp3) is 0.471. The number of hydrogen-bond acceptors (Lipinski definition) is 7. The number of piperidine rings is 1. The van der Waals surface area contributed by atoms with E-state index in [1.54, 1.807) is 18.2 Å². The second-order valence-corrected chi connectivity index (χ2v) is 14.2. The van der Waals surface area contributed by atoms with Gasteiger partial charge in [-0.25, -0.2) is 4.39 Å². The summed E-state index contributed by atoms with van der Waals surface area (Å²) < 4.78 is 23.1. The van der Waals surface area contributed by atoms with Gasteiger partial charge in [0.15, 0.2) is 5.82 Å². The third kappa shape index (κ3) is 4.88. The smallest absolute Gasteiger partial charge is 0.319 e. The van der Waals surface area contributed by atoms with Crippen molar-refractivity contribution in [2.24, 2.45) is 22.7 Å². The molecular weight excluding hydrogens is 567 g/mol. The van der Waals surface area contributed by atoms with Crippen LogP contribution in [0.2, 0.25) is 5.02 Å². The van der Waals surface area contributed by atoms with Gasteiger partial charge < -0.3 is 24.7 Å². The monoisotopic (exact) mass is 604 g/mol. The van der Waals surface area contributed by atoms with Crippen molar-refractivity contribution in [2.45, 2.75) is 39.2 Å². The minimum Gasteiger partial charge on any atom is -0.508 e. The number of benzene rings is 3. The standard InChI is InChI=1S/C34H38ClFN4O3/c1-19-21-14-33(2,30(19)42)16-40(15-21)31-25-13-26(35)27(24-12-22(41)11-20-7-5-6-8-23(20)24)28(36)29(25)37-32(38-31)43-18-34(9-10-34)17-39(3)4/h5-8,11-13,19,21,30,41-42H,9-10,14-18H2,1-4H3/t19-,21+,30?,33?/m0/s1. The zero-order chi connectivity index (χ0) is 30.3. The molecule has 0 amide bonds. The molecule has 226 valence electrons. The van der Waals surface area contributed by atoms with E-state index in [4.69, 9.17) is 21.3 Å². The zero-order valence-electron chi connectivity index (χ0n) is 25.1. The van der Waals surface area contributed by atoms with Crippen LogP contribution in [0.5, 0.6) is 11.8 Å². The van der Waals surface area contributed by atoms with Crippen molar-refractivity contribution >= 4 is 39.1 Å². The van der Waals surface area contributed by atoms with Gasteiger partial charge in [-0.05, 0) is 79.7 Å². The maximum atomic E-state index is 16.8. The lowest BCUT2D eigenvalue weighted by Crippen LogP contribution is -2.45. The van der Waals surface area contributed by atoms with Crippen LogP contribution in [0.1, 0.15) is 33.1 Å². The van der Waals surface area contributed by atoms with Crippen LogP contribution in [0.15, 0.2) is 42.5 Å². The second-order valence-electron chi connectivity index (χ2n) is 13.8. The molecule has 1 aromatic heterocycles. The number of phenolic OH excluding ortho intramolecular Hbond substituents is 1. The highest BCUT2D eigenvalue weighted by Crippen LogP contribution is 2.52. The number of hydrogen-bond donors (Lipinski definition) is 2. The topological polar surface area (TPSA) is 82.0 Å². The highest BCUT2D eigenvalue weighted by Gasteiger charge is 2.53. The van der Waals surface area contributed by atoms with Crippen LogP contribution in [0.25, 0.3) is 32.8 Å². The van der Waals surface area contributed by atoms with E-state index in [1.165, 1.54) is 0 Å². The molecule has 3 aliphatic rings. The predicted octanol–water partition coefficient (Wildman–Crippen LogP) is 6.51. The molecule has 2 unspecified atom stereocenters. The third-order valence-corrected chi connectivity index (χ3v) is 10.4. The number of aromatic hydroxyl groups is 1. The van der Waals surface area contributed by atoms with Gasteiger partial charge in [-0.1, -0.05) is 49.7 Å². The van der Waals surface area contributed by atoms with Gasteiger partial charge in [-0.2, -0.15) is 9.97 Å². The Kier molecular flexibility index (Phi) is 6.76. The van der Waals surface area contributed by atoms with Crippen molar-refractivity contribution in [3.63, 3.8) is 0 Å². The quantitative estimate of drug-likeness (QED) is 0.249. The molecule has 1 saturated heterocycles. The number of anilines is 1. The Morgan fingerprint density at radius 3 is 2.63 bits per heavy atom. The minimum absolute atomic E-state index is 0.0250. The summed E-state index contributed by atoms with van der Waals surface area (Å²) in [5.74, 6) is 0.460. The predicted molar refractivity (Wildman–Crippen MR) is 168 cm³/mol. The van der Waals surface area contributed by atoms with Crippen molar-refractivity contribution in [3.8, 4) is 22.9 Å². The largest absolute Gasteiger partial charge is 0.508 e. The lowest BCUT2D eigenvalue weighted by molar-refractivity contribution is 0.0467. The molecule has 0 spiro atoms. The number of ether oxygens (including phenoxy) is 1. The van der Waals surface area contributed by atoms with Gasteiger partial charge in [-0.3, -0.25) is 0 Å². The van der Waals surface area contributed by atoms with E-state index in [0.717, 1.165) is 36.6 Å². The SMILES string of the molecule is C[C@@H]1C(O)C2(C)C[C@@H]1CN(c1nc(OCC3(CN(C)C)CC3)nc3c(F)c(-c4cc(O)cc5ccccc45)c(Cl)cc13)C2. The van der Waals surface area contributed by atoms with Crippen molar-refractivity contribution in [1.82, 2.24) is 14.9 Å². The zero-order valence-corrected chi connectivity index (χ0v) is 25.8. The van der Waals surface area contributed by atoms with Crippen molar-refractivity contribution < 1.29 is 19.3 Å². The third-order valence-electron chi connectivity index (χ3n) is 10.1. The number of aliphatic hydroxyl groups excluding tert-OH is 1. The minimum atomic E-state index is -0.583. The summed E-state index contributed by atoms with van der Waals surface area (Å²) in [6.45, 7) is 6.86. The Morgan fingerprint density at radius 1 is 1.14 bits per heavy atom. The molecule has 0 radical (unpaired) electrons. The van der Waals surface area contributed by atoms with Crippen LogP contribution < -0.4 is 9.64 Å². The van der Waals surface area contributed by atoms with Gasteiger partial charge in [0.1, 0.15) is 17.1 Å². The molecule has 2 N–H and O–H groups in total. The lowest BCUT2D eigenvalue weighted by Gasteiger charge is -2.40. The molecule has 9 heteroatoms. The summed E-state index contributed by atoms with van der Waals surface area (Å²) in [6, 6.07) is 12.6. The van der Waals surface area contributed by atoms with E-state index in [1.807, 2.05) is 24.3 Å². The summed E-state index contributed by atoms with van der Waals surface area (Å²) in [5.41, 5.74) is 0.543. The van der Waals surface area contributed by atoms with E-state index >= 15 is 4.39 Å². The average molecular weight is 605 g/mol. The van der Waals surface area contributed by atoms with Crippen molar-refractivity contribution in [1.29, 1.82) is 0 Å². The number of aliphatic hydroxyl groups is 1. The molecular formula is C34H38ClFN4O3. The van der Waals surface area contributed by atoms with Gasteiger partial charge in [0.05, 0.1) is 17.7 Å². The summed E-state index contributed by atoms with van der Waals surface area (Å²) in [5, 5.41) is 23.9. The van der Waals surface area contributed by atoms with E-state index in [9.17, 15) is 10.2 Å². The number of fused-ring (bicyclic) bond motifs is 4. The molecule has 7 rings (SSSR count). The molecule has 2 bridgehead atoms. The average Bonchev–Trinajstić information content (AvgIpc) is 3.70. The molecule has 2 saturated carbocycles. The first-order chi connectivity index (χ1) is 20.5. The number of aromatic nitrogens is 2. The van der Waals surface area contributed by atoms with Crippen LogP contribution in [0.3, 0.4) is 0 Å². The second kappa shape index (κ2) is 10.2. The highest BCUT2D eigenvalue weighted by atomic mass is 35.5. The molecule has 43 heavy (non-hydrogen) atoms. The van der Waals surface area contributed by atoms with E-state index in [-0.39, 0.29) is 50.5 Å². The number of phenols is 1. The molecule has 1 aliphatic heterocycles. The first-order valence-electron chi connectivity index (χ1n) is 15.1. The molecule has 4 atom stereocenters. The van der Waals surface area contributed by atoms with Crippen LogP contribution in [-0.4, -0.2) is 71.5 Å². The van der Waals surface area contributed by atoms with Gasteiger partial charge >= 0.3 is 6.01 Å². The van der Waals surface area contributed by atoms with Crippen LogP contribution in [0, 0.1) is 28.5 Å². The van der Waals surface area contributed by atoms with Crippen LogP contribution in [-0.2, 0) is 0 Å². The van der Waals surface area contributed by atoms with E-state index in [2.05, 4.69) is 42.7 Å². The van der Waals surface area contributed by atoms with Crippen LogP contribution >= 0.6 is 11.6 Å². The number of rotatable bonds is 7. The number of halogens is 2. The molecule has 3 fully saturated rings. The first kappa shape index (κ1) is 28.6. The van der Waals surface area contributed by atoms with Crippen molar-refractivity contribution in [3.05, 3.63) is 53.3 Å². The summed E-state index contributed by atoms with van der Waals surface area (Å²) in [7, 11) is 4.11. The normalized spacial score (nSPS) is 26.0. The lowest BCUT2D eigenvalue weighted by atomic mass is 9.82. The van der Waals surface area contributed by atoms with Gasteiger partial charge in [0.25, 0.3) is 0 Å². The Labute approximate surface area is 256 Å². The highest BCUT2D eigenvalue weighted by molar-refractivity contribution is 6.35. The maximum absolute atomic E-state index is 16.8. The number of nitrogens with zero attached hydrogens (tertiary/aromatic N) is 4. The van der Waals surface area contributed by atoms with Gasteiger partial charge in [-0.15, -0.1) is 0 Å². The van der Waals surface area contributed by atoms with Gasteiger partial charge in [0.2, 0.25) is 0 Å². The van der Waals surface area contributed by atoms with E-state index < -0.39 is 11.9 Å². The first-order valence-corrected chi connectivity index (χ1v) is 15.5. The molecule has 2 heterocycles. The molecule has 2 aliphatic carbocycles. The van der Waals surface area contributed by atoms with Gasteiger partial charge in [0, 0.05) is 41.4 Å². The summed E-state index contributed by atoms with van der Waals surface area (Å²) >= 11 is 6.90. The fourth-order valence-corrected chi connectivity index (χ4v) is 8.05. The van der Waals surface area contributed by atoms with Crippen LogP contribution in [0.4, 0.5) is 10.2 Å². The molecule has 7 nitrogen and oxygen atoms in total. The molecule has 4 aromatic rings. The van der Waals surface area contributed by atoms with Crippen molar-refractivity contribution in [2.75, 3.05) is 45.2 Å². The van der Waals surface area contributed by atoms with E-state index in [0.29, 0.717) is 36.5 Å². The molecule has 3 aromatic carbocycles. The summed E-state index contributed by atoms with van der Waals surface area (Å²) in [4.78, 5) is 13.9. The maximum Gasteiger partial charge on any atom is 0.319 e. The fourth-order valence-electron chi connectivity index (χ4n) is 7.76. The Bertz CT molecular complexity index is 1740. The summed E-state index contributed by atoms with van der Waals surface area (Å²) in [6.07, 6.45) is 2.64. The Balaban J connectivity index is 1.39.